The summed E-state index contributed by atoms with van der Waals surface area (Å²) in [5, 5.41) is 4.87. The lowest BCUT2D eigenvalue weighted by molar-refractivity contribution is 0.668. The van der Waals surface area contributed by atoms with Gasteiger partial charge in [0.15, 0.2) is 0 Å². The van der Waals surface area contributed by atoms with Crippen molar-refractivity contribution >= 4 is 22.7 Å². The SMILES string of the molecule is CCCNCc1cccc2ccn(CCCSC)c12. The molecule has 1 heterocycles. The smallest absolute Gasteiger partial charge is 0.0525 e. The zero-order valence-electron chi connectivity index (χ0n) is 12.0. The fourth-order valence-electron chi connectivity index (χ4n) is 2.45. The summed E-state index contributed by atoms with van der Waals surface area (Å²) in [6.45, 7) is 5.38. The Hall–Kier alpha value is -0.930. The lowest BCUT2D eigenvalue weighted by atomic mass is 10.1. The Kier molecular flexibility index (Phi) is 5.80. The number of aryl methyl sites for hydroxylation is 1. The van der Waals surface area contributed by atoms with Crippen LogP contribution in [0.2, 0.25) is 0 Å². The number of hydrogen-bond donors (Lipinski definition) is 1. The van der Waals surface area contributed by atoms with Crippen LogP contribution in [0.3, 0.4) is 0 Å². The van der Waals surface area contributed by atoms with E-state index in [9.17, 15) is 0 Å². The van der Waals surface area contributed by atoms with Gasteiger partial charge in [-0.1, -0.05) is 25.1 Å². The Bertz CT molecular complexity index is 504. The average Bonchev–Trinajstić information content (AvgIpc) is 2.84. The normalized spacial score (nSPS) is 11.3. The van der Waals surface area contributed by atoms with E-state index >= 15 is 0 Å². The third-order valence-corrected chi connectivity index (χ3v) is 4.06. The molecule has 0 saturated carbocycles. The first-order valence-corrected chi connectivity index (χ1v) is 8.52. The predicted molar refractivity (Wildman–Crippen MR) is 86.9 cm³/mol. The molecule has 0 aliphatic heterocycles. The van der Waals surface area contributed by atoms with Crippen LogP contribution in [-0.4, -0.2) is 23.1 Å². The standard InChI is InChI=1S/C16H24N2S/c1-3-9-17-13-15-7-4-6-14-8-11-18(16(14)15)10-5-12-19-2/h4,6-8,11,17H,3,5,9-10,12-13H2,1-2H3. The van der Waals surface area contributed by atoms with Crippen molar-refractivity contribution in [1.82, 2.24) is 9.88 Å². The Morgan fingerprint density at radius 1 is 1.26 bits per heavy atom. The van der Waals surface area contributed by atoms with E-state index < -0.39 is 0 Å². The van der Waals surface area contributed by atoms with E-state index in [-0.39, 0.29) is 0 Å². The second-order valence-electron chi connectivity index (χ2n) is 4.89. The molecule has 2 rings (SSSR count). The van der Waals surface area contributed by atoms with Gasteiger partial charge in [-0.3, -0.25) is 0 Å². The van der Waals surface area contributed by atoms with Crippen molar-refractivity contribution in [3.63, 3.8) is 0 Å². The molecule has 0 bridgehead atoms. The first-order chi connectivity index (χ1) is 9.36. The monoisotopic (exact) mass is 276 g/mol. The lowest BCUT2D eigenvalue weighted by Gasteiger charge is -2.10. The molecule has 0 saturated heterocycles. The zero-order valence-corrected chi connectivity index (χ0v) is 12.8. The quantitative estimate of drug-likeness (QED) is 0.737. The molecule has 19 heavy (non-hydrogen) atoms. The van der Waals surface area contributed by atoms with Crippen molar-refractivity contribution in [3.8, 4) is 0 Å². The van der Waals surface area contributed by atoms with Crippen molar-refractivity contribution in [2.24, 2.45) is 0 Å². The van der Waals surface area contributed by atoms with Crippen molar-refractivity contribution in [2.75, 3.05) is 18.6 Å². The van der Waals surface area contributed by atoms with Gasteiger partial charge in [0.2, 0.25) is 0 Å². The fourth-order valence-corrected chi connectivity index (χ4v) is 2.87. The number of para-hydroxylation sites is 1. The van der Waals surface area contributed by atoms with Crippen LogP contribution in [0.4, 0.5) is 0 Å². The highest BCUT2D eigenvalue weighted by Crippen LogP contribution is 2.21. The number of nitrogens with zero attached hydrogens (tertiary/aromatic N) is 1. The summed E-state index contributed by atoms with van der Waals surface area (Å²) in [5.74, 6) is 1.23. The van der Waals surface area contributed by atoms with E-state index in [1.807, 2.05) is 11.8 Å². The lowest BCUT2D eigenvalue weighted by Crippen LogP contribution is -2.14. The number of aromatic nitrogens is 1. The van der Waals surface area contributed by atoms with Crippen LogP contribution in [0.25, 0.3) is 10.9 Å². The van der Waals surface area contributed by atoms with Crippen LogP contribution in [0.5, 0.6) is 0 Å². The Morgan fingerprint density at radius 3 is 2.95 bits per heavy atom. The van der Waals surface area contributed by atoms with Gasteiger partial charge in [0.05, 0.1) is 5.52 Å². The first kappa shape index (κ1) is 14.5. The minimum Gasteiger partial charge on any atom is -0.347 e. The maximum atomic E-state index is 3.51. The average molecular weight is 276 g/mol. The van der Waals surface area contributed by atoms with Gasteiger partial charge in [0.25, 0.3) is 0 Å². The summed E-state index contributed by atoms with van der Waals surface area (Å²) < 4.78 is 2.41. The van der Waals surface area contributed by atoms with Crippen LogP contribution < -0.4 is 5.32 Å². The third kappa shape index (κ3) is 3.77. The van der Waals surface area contributed by atoms with E-state index in [2.05, 4.69) is 53.5 Å². The van der Waals surface area contributed by atoms with E-state index in [0.29, 0.717) is 0 Å². The van der Waals surface area contributed by atoms with Crippen molar-refractivity contribution in [2.45, 2.75) is 32.9 Å². The number of thioether (sulfide) groups is 1. The Morgan fingerprint density at radius 2 is 2.16 bits per heavy atom. The van der Waals surface area contributed by atoms with Crippen LogP contribution in [0.1, 0.15) is 25.3 Å². The highest BCUT2D eigenvalue weighted by Gasteiger charge is 2.06. The Balaban J connectivity index is 2.17. The summed E-state index contributed by atoms with van der Waals surface area (Å²) in [7, 11) is 0. The predicted octanol–water partition coefficient (Wildman–Crippen LogP) is 3.89. The van der Waals surface area contributed by atoms with Gasteiger partial charge in [0, 0.05) is 19.3 Å². The molecule has 1 aromatic carbocycles. The maximum absolute atomic E-state index is 3.51. The second-order valence-corrected chi connectivity index (χ2v) is 5.87. The first-order valence-electron chi connectivity index (χ1n) is 7.13. The number of hydrogen-bond acceptors (Lipinski definition) is 2. The van der Waals surface area contributed by atoms with Crippen molar-refractivity contribution < 1.29 is 0 Å². The summed E-state index contributed by atoms with van der Waals surface area (Å²) in [5.41, 5.74) is 2.83. The van der Waals surface area contributed by atoms with Gasteiger partial charge < -0.3 is 9.88 Å². The van der Waals surface area contributed by atoms with Gasteiger partial charge >= 0.3 is 0 Å². The highest BCUT2D eigenvalue weighted by atomic mass is 32.2. The van der Waals surface area contributed by atoms with Crippen molar-refractivity contribution in [1.29, 1.82) is 0 Å². The molecular weight excluding hydrogens is 252 g/mol. The molecule has 104 valence electrons. The van der Waals surface area contributed by atoms with E-state index in [1.165, 1.54) is 35.1 Å². The molecule has 3 heteroatoms. The molecule has 0 radical (unpaired) electrons. The summed E-state index contributed by atoms with van der Waals surface area (Å²) in [6.07, 6.45) is 6.83. The number of benzene rings is 1. The topological polar surface area (TPSA) is 17.0 Å². The van der Waals surface area contributed by atoms with Gasteiger partial charge in [-0.2, -0.15) is 11.8 Å². The van der Waals surface area contributed by atoms with Crippen LogP contribution in [0.15, 0.2) is 30.5 Å². The van der Waals surface area contributed by atoms with Crippen LogP contribution in [-0.2, 0) is 13.1 Å². The molecule has 0 atom stereocenters. The Labute approximate surface area is 120 Å². The summed E-state index contributed by atoms with van der Waals surface area (Å²) in [4.78, 5) is 0. The van der Waals surface area contributed by atoms with Crippen LogP contribution in [0, 0.1) is 0 Å². The number of fused-ring (bicyclic) bond motifs is 1. The van der Waals surface area contributed by atoms with E-state index in [4.69, 9.17) is 0 Å². The molecule has 2 aromatic rings. The van der Waals surface area contributed by atoms with Gasteiger partial charge in [-0.15, -0.1) is 0 Å². The van der Waals surface area contributed by atoms with E-state index in [0.717, 1.165) is 19.6 Å². The molecular formula is C16H24N2S. The molecule has 0 aliphatic rings. The molecule has 0 spiro atoms. The number of rotatable bonds is 8. The molecule has 0 aliphatic carbocycles. The summed E-state index contributed by atoms with van der Waals surface area (Å²) in [6, 6.07) is 8.86. The molecule has 0 unspecified atom stereocenters. The second kappa shape index (κ2) is 7.61. The minimum absolute atomic E-state index is 0.970. The zero-order chi connectivity index (χ0) is 13.5. The molecule has 1 aromatic heterocycles. The number of nitrogens with one attached hydrogen (secondary N) is 1. The highest BCUT2D eigenvalue weighted by molar-refractivity contribution is 7.98. The fraction of sp³-hybridized carbons (Fsp3) is 0.500. The minimum atomic E-state index is 0.970. The third-order valence-electron chi connectivity index (χ3n) is 3.36. The van der Waals surface area contributed by atoms with Gasteiger partial charge in [0.1, 0.15) is 0 Å². The largest absolute Gasteiger partial charge is 0.347 e. The molecule has 0 amide bonds. The summed E-state index contributed by atoms with van der Waals surface area (Å²) >= 11 is 1.92. The molecule has 0 fully saturated rings. The van der Waals surface area contributed by atoms with Crippen LogP contribution >= 0.6 is 11.8 Å². The molecule has 2 nitrogen and oxygen atoms in total. The van der Waals surface area contributed by atoms with E-state index in [1.54, 1.807) is 0 Å². The van der Waals surface area contributed by atoms with Gasteiger partial charge in [-0.05, 0) is 48.4 Å². The maximum Gasteiger partial charge on any atom is 0.0525 e. The van der Waals surface area contributed by atoms with Crippen molar-refractivity contribution in [3.05, 3.63) is 36.0 Å². The van der Waals surface area contributed by atoms with Gasteiger partial charge in [-0.25, -0.2) is 0 Å². The molecule has 1 N–H and O–H groups in total.